The smallest absolute Gasteiger partial charge is 0.475 e. The number of nitrogens with one attached hydrogen (secondary N) is 1. The summed E-state index contributed by atoms with van der Waals surface area (Å²) in [4.78, 5) is 8.90. The Bertz CT molecular complexity index is 514. The maximum Gasteiger partial charge on any atom is 0.490 e. The molecule has 0 saturated heterocycles. The van der Waals surface area contributed by atoms with E-state index in [0.717, 1.165) is 23.9 Å². The zero-order valence-corrected chi connectivity index (χ0v) is 13.0. The van der Waals surface area contributed by atoms with E-state index in [4.69, 9.17) is 9.90 Å². The van der Waals surface area contributed by atoms with Gasteiger partial charge in [-0.25, -0.2) is 4.79 Å². The van der Waals surface area contributed by atoms with Gasteiger partial charge in [-0.2, -0.15) is 13.2 Å². The molecule has 2 saturated carbocycles. The highest BCUT2D eigenvalue weighted by molar-refractivity contribution is 5.73. The van der Waals surface area contributed by atoms with Crippen LogP contribution in [0.1, 0.15) is 44.1 Å². The third-order valence-corrected chi connectivity index (χ3v) is 4.59. The maximum absolute atomic E-state index is 10.6. The van der Waals surface area contributed by atoms with Crippen molar-refractivity contribution in [2.45, 2.75) is 56.8 Å². The summed E-state index contributed by atoms with van der Waals surface area (Å²) in [5.41, 5.74) is 1.51. The van der Waals surface area contributed by atoms with E-state index >= 15 is 0 Å². The lowest BCUT2D eigenvalue weighted by Gasteiger charge is -2.32. The number of rotatable bonds is 4. The van der Waals surface area contributed by atoms with Crippen molar-refractivity contribution in [3.05, 3.63) is 35.9 Å². The SMILES string of the molecule is C[C@@H](N[C@@H]1C[C@@H]1c1ccccc1)C1CCC1.O=C(O)C(F)(F)F. The molecule has 1 aromatic carbocycles. The van der Waals surface area contributed by atoms with Gasteiger partial charge in [0.05, 0.1) is 0 Å². The number of hydrogen-bond donors (Lipinski definition) is 2. The molecule has 0 aromatic heterocycles. The Morgan fingerprint density at radius 2 is 1.83 bits per heavy atom. The lowest BCUT2D eigenvalue weighted by Crippen LogP contribution is -2.38. The van der Waals surface area contributed by atoms with Crippen LogP contribution in [0.2, 0.25) is 0 Å². The molecule has 2 fully saturated rings. The van der Waals surface area contributed by atoms with Crippen molar-refractivity contribution >= 4 is 5.97 Å². The molecular formula is C17H22F3NO2. The Balaban J connectivity index is 0.000000236. The van der Waals surface area contributed by atoms with Crippen LogP contribution in [-0.4, -0.2) is 29.3 Å². The Labute approximate surface area is 133 Å². The van der Waals surface area contributed by atoms with Crippen molar-refractivity contribution in [2.75, 3.05) is 0 Å². The van der Waals surface area contributed by atoms with Crippen molar-refractivity contribution in [1.29, 1.82) is 0 Å². The summed E-state index contributed by atoms with van der Waals surface area (Å²) in [6.45, 7) is 2.37. The highest BCUT2D eigenvalue weighted by Crippen LogP contribution is 2.42. The van der Waals surface area contributed by atoms with Crippen molar-refractivity contribution in [3.63, 3.8) is 0 Å². The number of carboxylic acids is 1. The van der Waals surface area contributed by atoms with Crippen LogP contribution in [0.4, 0.5) is 13.2 Å². The van der Waals surface area contributed by atoms with Crippen molar-refractivity contribution in [3.8, 4) is 0 Å². The number of benzene rings is 1. The molecular weight excluding hydrogens is 307 g/mol. The highest BCUT2D eigenvalue weighted by Gasteiger charge is 2.40. The molecule has 128 valence electrons. The quantitative estimate of drug-likeness (QED) is 0.879. The monoisotopic (exact) mass is 329 g/mol. The van der Waals surface area contributed by atoms with Gasteiger partial charge < -0.3 is 10.4 Å². The number of hydrogen-bond acceptors (Lipinski definition) is 2. The van der Waals surface area contributed by atoms with Crippen molar-refractivity contribution in [1.82, 2.24) is 5.32 Å². The standard InChI is InChI=1S/C15H21N.C2HF3O2/c1-11(12-8-5-9-12)16-15-10-14(15)13-6-3-2-4-7-13;3-2(4,5)1(6)7/h2-4,6-7,11-12,14-16H,5,8-10H2,1H3;(H,6,7)/t11-,14-,15-;/m1./s1. The highest BCUT2D eigenvalue weighted by atomic mass is 19.4. The van der Waals surface area contributed by atoms with Gasteiger partial charge in [0.2, 0.25) is 0 Å². The van der Waals surface area contributed by atoms with E-state index in [1.165, 1.54) is 31.2 Å². The fourth-order valence-electron chi connectivity index (χ4n) is 2.86. The molecule has 0 spiro atoms. The first kappa shape index (κ1) is 17.8. The lowest BCUT2D eigenvalue weighted by molar-refractivity contribution is -0.192. The van der Waals surface area contributed by atoms with Gasteiger partial charge in [-0.15, -0.1) is 0 Å². The van der Waals surface area contributed by atoms with Gasteiger partial charge in [-0.3, -0.25) is 0 Å². The maximum atomic E-state index is 10.6. The summed E-state index contributed by atoms with van der Waals surface area (Å²) in [5.74, 6) is -1.02. The molecule has 0 heterocycles. The van der Waals surface area contributed by atoms with Crippen molar-refractivity contribution in [2.24, 2.45) is 5.92 Å². The normalized spacial score (nSPS) is 24.9. The summed E-state index contributed by atoms with van der Waals surface area (Å²) < 4.78 is 31.7. The second-order valence-corrected chi connectivity index (χ2v) is 6.31. The summed E-state index contributed by atoms with van der Waals surface area (Å²) in [6.07, 6.45) is 0.582. The minimum Gasteiger partial charge on any atom is -0.475 e. The second-order valence-electron chi connectivity index (χ2n) is 6.31. The molecule has 2 N–H and O–H groups in total. The van der Waals surface area contributed by atoms with E-state index in [1.807, 2.05) is 0 Å². The second kappa shape index (κ2) is 7.34. The van der Waals surface area contributed by atoms with Gasteiger partial charge in [0.1, 0.15) is 0 Å². The molecule has 0 radical (unpaired) electrons. The first-order chi connectivity index (χ1) is 10.8. The van der Waals surface area contributed by atoms with Gasteiger partial charge in [-0.05, 0) is 37.7 Å². The number of alkyl halides is 3. The van der Waals surface area contributed by atoms with Crippen LogP contribution < -0.4 is 5.32 Å². The predicted octanol–water partition coefficient (Wildman–Crippen LogP) is 3.95. The molecule has 0 bridgehead atoms. The molecule has 0 unspecified atom stereocenters. The van der Waals surface area contributed by atoms with E-state index in [-0.39, 0.29) is 0 Å². The molecule has 3 rings (SSSR count). The van der Waals surface area contributed by atoms with E-state index < -0.39 is 12.1 Å². The zero-order valence-electron chi connectivity index (χ0n) is 13.0. The first-order valence-corrected chi connectivity index (χ1v) is 7.90. The number of carbonyl (C=O) groups is 1. The van der Waals surface area contributed by atoms with E-state index in [0.29, 0.717) is 0 Å². The van der Waals surface area contributed by atoms with Gasteiger partial charge >= 0.3 is 12.1 Å². The Morgan fingerprint density at radius 1 is 1.26 bits per heavy atom. The average molecular weight is 329 g/mol. The van der Waals surface area contributed by atoms with E-state index in [2.05, 4.69) is 42.6 Å². The lowest BCUT2D eigenvalue weighted by atomic mass is 9.80. The fraction of sp³-hybridized carbons (Fsp3) is 0.588. The van der Waals surface area contributed by atoms with Crippen LogP contribution in [0.5, 0.6) is 0 Å². The van der Waals surface area contributed by atoms with E-state index in [1.54, 1.807) is 0 Å². The van der Waals surface area contributed by atoms with E-state index in [9.17, 15) is 13.2 Å². The summed E-state index contributed by atoms with van der Waals surface area (Å²) in [7, 11) is 0. The Kier molecular flexibility index (Phi) is 5.68. The van der Waals surface area contributed by atoms with Gasteiger partial charge in [0.15, 0.2) is 0 Å². The summed E-state index contributed by atoms with van der Waals surface area (Å²) in [5, 5.41) is 10.9. The summed E-state index contributed by atoms with van der Waals surface area (Å²) >= 11 is 0. The number of carboxylic acid groups (broad SMARTS) is 1. The molecule has 23 heavy (non-hydrogen) atoms. The molecule has 6 heteroatoms. The minimum atomic E-state index is -5.08. The van der Waals surface area contributed by atoms with Crippen LogP contribution in [0.15, 0.2) is 30.3 Å². The first-order valence-electron chi connectivity index (χ1n) is 7.90. The van der Waals surface area contributed by atoms with Gasteiger partial charge in [0, 0.05) is 18.0 Å². The Hall–Kier alpha value is -1.56. The van der Waals surface area contributed by atoms with Gasteiger partial charge in [0.25, 0.3) is 0 Å². The van der Waals surface area contributed by atoms with Crippen LogP contribution in [0.3, 0.4) is 0 Å². The van der Waals surface area contributed by atoms with Crippen LogP contribution >= 0.6 is 0 Å². The molecule has 2 aliphatic carbocycles. The molecule has 1 aromatic rings. The number of aliphatic carboxylic acids is 1. The van der Waals surface area contributed by atoms with Crippen LogP contribution in [0.25, 0.3) is 0 Å². The fourth-order valence-corrected chi connectivity index (χ4v) is 2.86. The molecule has 0 amide bonds. The zero-order chi connectivity index (χ0) is 17.0. The Morgan fingerprint density at radius 3 is 2.26 bits per heavy atom. The third-order valence-electron chi connectivity index (χ3n) is 4.59. The number of halogens is 3. The minimum absolute atomic E-state index is 0.729. The summed E-state index contributed by atoms with van der Waals surface area (Å²) in [6, 6.07) is 12.4. The van der Waals surface area contributed by atoms with Crippen molar-refractivity contribution < 1.29 is 23.1 Å². The van der Waals surface area contributed by atoms with Crippen LogP contribution in [-0.2, 0) is 4.79 Å². The largest absolute Gasteiger partial charge is 0.490 e. The molecule has 3 nitrogen and oxygen atoms in total. The van der Waals surface area contributed by atoms with Crippen LogP contribution in [0, 0.1) is 5.92 Å². The molecule has 2 aliphatic rings. The molecule has 0 aliphatic heterocycles. The predicted molar refractivity (Wildman–Crippen MR) is 81.2 cm³/mol. The topological polar surface area (TPSA) is 49.3 Å². The third kappa shape index (κ3) is 5.23. The van der Waals surface area contributed by atoms with Gasteiger partial charge in [-0.1, -0.05) is 36.8 Å². The average Bonchev–Trinajstić information content (AvgIpc) is 3.16. The molecule has 3 atom stereocenters.